The topological polar surface area (TPSA) is 108 Å². The summed E-state index contributed by atoms with van der Waals surface area (Å²) >= 11 is 0. The number of benzene rings is 8. The standard InChI is InChI=1S/C54H51ClO10SSi8/c55-66(56,57)47-38-36-46(37-39-47)40-41-67-42-68(48-22-8-1-9-23-48)60-71(51-28-14-4-15-29-51)43-69(58-67,49-24-10-2-11-25-49)62-72(52-30-16-5-17-31-52)44-70(59-67,50-26-12-3-13-27-50)63-73(61-68,53-32-18-6-19-33-53)45-74(64-71,65-72)54-34-20-7-21-35-54/h1-39H,40-45H2. The molecular weight excluding hydrogens is 1100 g/mol. The van der Waals surface area contributed by atoms with Gasteiger partial charge >= 0.3 is 68.5 Å². The van der Waals surface area contributed by atoms with Crippen LogP contribution in [0.15, 0.2) is 241 Å². The van der Waals surface area contributed by atoms with Gasteiger partial charge in [0.25, 0.3) is 9.05 Å². The maximum Gasteiger partial charge on any atom is 0.357 e. The Labute approximate surface area is 444 Å². The molecule has 0 amide bonds. The van der Waals surface area contributed by atoms with E-state index in [1.54, 1.807) is 12.1 Å². The quantitative estimate of drug-likeness (QED) is 0.107. The van der Waals surface area contributed by atoms with Gasteiger partial charge in [0.2, 0.25) is 0 Å². The fourth-order valence-electron chi connectivity index (χ4n) is 11.9. The van der Waals surface area contributed by atoms with Gasteiger partial charge in [-0.2, -0.15) is 0 Å². The molecule has 8 unspecified atom stereocenters. The van der Waals surface area contributed by atoms with Gasteiger partial charge < -0.3 is 32.9 Å². The van der Waals surface area contributed by atoms with Crippen molar-refractivity contribution in [1.29, 1.82) is 0 Å². The van der Waals surface area contributed by atoms with E-state index in [0.29, 0.717) is 35.1 Å². The average molecular weight is 1150 g/mol. The van der Waals surface area contributed by atoms with Gasteiger partial charge in [-0.1, -0.05) is 224 Å². The van der Waals surface area contributed by atoms with E-state index in [9.17, 15) is 8.42 Å². The van der Waals surface area contributed by atoms with Crippen LogP contribution in [0, 0.1) is 0 Å². The predicted molar refractivity (Wildman–Crippen MR) is 304 cm³/mol. The van der Waals surface area contributed by atoms with Gasteiger partial charge in [-0.15, -0.1) is 0 Å². The Hall–Kier alpha value is -4.58. The van der Waals surface area contributed by atoms with Crippen molar-refractivity contribution in [3.8, 4) is 0 Å². The third-order valence-corrected chi connectivity index (χ3v) is 62.6. The van der Waals surface area contributed by atoms with Crippen LogP contribution in [0.4, 0.5) is 0 Å². The van der Waals surface area contributed by atoms with E-state index >= 15 is 0 Å². The summed E-state index contributed by atoms with van der Waals surface area (Å²) in [6.45, 7) is 0. The maximum atomic E-state index is 12.5. The summed E-state index contributed by atoms with van der Waals surface area (Å²) in [7, 11) is -30.1. The van der Waals surface area contributed by atoms with Crippen LogP contribution in [-0.2, 0) is 48.4 Å². The molecule has 6 fully saturated rings. The monoisotopic (exact) mass is 1150 g/mol. The fraction of sp³-hybridized carbons (Fsp3) is 0.111. The van der Waals surface area contributed by atoms with E-state index in [1.165, 1.54) is 0 Å². The van der Waals surface area contributed by atoms with Crippen molar-refractivity contribution < 1.29 is 41.3 Å². The van der Waals surface area contributed by atoms with Crippen LogP contribution in [0.3, 0.4) is 0 Å². The average Bonchev–Trinajstić information content (AvgIpc) is 3.42. The van der Waals surface area contributed by atoms with E-state index < -0.39 is 77.5 Å². The van der Waals surface area contributed by atoms with Gasteiger partial charge in [0.05, 0.1) is 4.90 Å². The minimum absolute atomic E-state index is 0.0351. The van der Waals surface area contributed by atoms with Crippen LogP contribution in [-0.4, -0.2) is 76.9 Å². The highest BCUT2D eigenvalue weighted by Gasteiger charge is 2.81. The second-order valence-electron chi connectivity index (χ2n) is 19.8. The van der Waals surface area contributed by atoms with Crippen molar-refractivity contribution in [2.75, 3.05) is 0 Å². The lowest BCUT2D eigenvalue weighted by Crippen LogP contribution is -2.92. The molecule has 0 saturated carbocycles. The first kappa shape index (κ1) is 49.0. The Bertz CT molecular complexity index is 3140. The highest BCUT2D eigenvalue weighted by molar-refractivity contribution is 8.13. The number of halogens is 1. The van der Waals surface area contributed by atoms with Gasteiger partial charge in [0.1, 0.15) is 0 Å². The number of aryl methyl sites for hydroxylation is 1. The molecule has 8 bridgehead atoms. The van der Waals surface area contributed by atoms with Crippen LogP contribution in [0.25, 0.3) is 0 Å². The smallest absolute Gasteiger partial charge is 0.357 e. The van der Waals surface area contributed by atoms with Crippen LogP contribution in [0.5, 0.6) is 0 Å². The van der Waals surface area contributed by atoms with Crippen molar-refractivity contribution in [1.82, 2.24) is 0 Å². The van der Waals surface area contributed by atoms with E-state index in [4.69, 9.17) is 43.6 Å². The van der Waals surface area contributed by atoms with Crippen molar-refractivity contribution in [3.63, 3.8) is 0 Å². The summed E-state index contributed by atoms with van der Waals surface area (Å²) in [5, 5.41) is 6.61. The molecule has 8 aromatic carbocycles. The second-order valence-corrected chi connectivity index (χ2v) is 51.5. The zero-order valence-corrected chi connectivity index (χ0v) is 49.7. The molecule has 6 saturated heterocycles. The van der Waals surface area contributed by atoms with Crippen molar-refractivity contribution in [2.24, 2.45) is 0 Å². The summed E-state index contributed by atoms with van der Waals surface area (Å²) in [5.74, 6) is 0. The van der Waals surface area contributed by atoms with E-state index in [2.05, 4.69) is 170 Å². The summed E-state index contributed by atoms with van der Waals surface area (Å²) in [4.78, 5) is 0.0351. The maximum absolute atomic E-state index is 12.5. The summed E-state index contributed by atoms with van der Waals surface area (Å²) in [6.07, 6.45) is 0.480. The lowest BCUT2D eigenvalue weighted by Gasteiger charge is -2.65. The lowest BCUT2D eigenvalue weighted by atomic mass is 10.2. The number of rotatable bonds is 11. The van der Waals surface area contributed by atoms with Crippen LogP contribution >= 0.6 is 10.7 Å². The molecule has 0 radical (unpaired) electrons. The van der Waals surface area contributed by atoms with Gasteiger partial charge in [-0.3, -0.25) is 0 Å². The molecule has 74 heavy (non-hydrogen) atoms. The van der Waals surface area contributed by atoms with Crippen molar-refractivity contribution in [2.45, 2.75) is 40.0 Å². The minimum Gasteiger partial charge on any atom is -0.412 e. The lowest BCUT2D eigenvalue weighted by molar-refractivity contribution is 0.191. The predicted octanol–water partition coefficient (Wildman–Crippen LogP) is 6.40. The first-order chi connectivity index (χ1) is 35.9. The Morgan fingerprint density at radius 2 is 0.541 bits per heavy atom. The highest BCUT2D eigenvalue weighted by Crippen LogP contribution is 2.53. The van der Waals surface area contributed by atoms with Gasteiger partial charge in [0, 0.05) is 33.4 Å². The third kappa shape index (κ3) is 8.47. The molecule has 6 heterocycles. The number of hydrogen-bond acceptors (Lipinski definition) is 10. The summed E-state index contributed by atoms with van der Waals surface area (Å²) in [5.41, 5.74) is 2.22. The van der Waals surface area contributed by atoms with Crippen LogP contribution in [0.2, 0.25) is 28.7 Å². The molecule has 0 N–H and O–H groups in total. The molecule has 8 atom stereocenters. The molecule has 20 heteroatoms. The molecule has 0 spiro atoms. The normalized spacial score (nSPS) is 32.1. The van der Waals surface area contributed by atoms with E-state index in [1.807, 2.05) is 54.6 Å². The second kappa shape index (κ2) is 18.6. The van der Waals surface area contributed by atoms with E-state index in [0.717, 1.165) is 41.9 Å². The molecule has 10 nitrogen and oxygen atoms in total. The largest absolute Gasteiger partial charge is 0.412 e. The van der Waals surface area contributed by atoms with Gasteiger partial charge in [-0.25, -0.2) is 8.42 Å². The molecule has 0 aliphatic carbocycles. The van der Waals surface area contributed by atoms with E-state index in [-0.39, 0.29) is 4.90 Å². The molecular formula is C54H51ClO10SSi8. The Morgan fingerprint density at radius 3 is 0.784 bits per heavy atom. The molecule has 372 valence electrons. The molecule has 6 aliphatic heterocycles. The first-order valence-corrected chi connectivity index (χ1v) is 43.6. The van der Waals surface area contributed by atoms with Crippen LogP contribution < -0.4 is 36.3 Å². The Balaban J connectivity index is 1.19. The first-order valence-electron chi connectivity index (χ1n) is 24.9. The zero-order chi connectivity index (χ0) is 50.2. The van der Waals surface area contributed by atoms with Gasteiger partial charge in [-0.05, 0) is 66.5 Å². The molecule has 0 aromatic heterocycles. The molecule has 14 rings (SSSR count). The third-order valence-electron chi connectivity index (χ3n) is 15.1. The Morgan fingerprint density at radius 1 is 0.311 bits per heavy atom. The summed E-state index contributed by atoms with van der Waals surface area (Å²) < 4.78 is 94.6. The zero-order valence-electron chi connectivity index (χ0n) is 40.1. The molecule has 6 aliphatic rings. The molecule has 8 aromatic rings. The Kier molecular flexibility index (Phi) is 12.3. The van der Waals surface area contributed by atoms with Crippen molar-refractivity contribution in [3.05, 3.63) is 242 Å². The minimum atomic E-state index is -4.01. The highest BCUT2D eigenvalue weighted by atomic mass is 35.7. The van der Waals surface area contributed by atoms with Crippen molar-refractivity contribution >= 4 is 125 Å². The summed E-state index contributed by atoms with van der Waals surface area (Å²) in [6, 6.07) is 80.7. The van der Waals surface area contributed by atoms with Crippen LogP contribution in [0.1, 0.15) is 5.56 Å². The van der Waals surface area contributed by atoms with Gasteiger partial charge in [0.15, 0.2) is 0 Å². The number of hydrogen-bond donors (Lipinski definition) is 0. The SMILES string of the molecule is O=S(=O)(Cl)c1ccc(CC[Si]23C[Si]4(c5ccccc5)O[Si]5(c6ccccc6)C[Si]6(c7ccccc7)O[Si](c7ccccc7)(C[Si](c7ccccc7)(O2)O5)O[Si](c2ccccc2)(C[Si](c2ccccc2)(O4)O6)O3)cc1. The fourth-order valence-corrected chi connectivity index (χ4v) is 79.2.